The maximum Gasteiger partial charge on any atom is 0.237 e. The number of hydrogen-bond acceptors (Lipinski definition) is 4. The van der Waals surface area contributed by atoms with E-state index in [2.05, 4.69) is 24.5 Å². The molecule has 0 spiro atoms. The van der Waals surface area contributed by atoms with Gasteiger partial charge in [0.2, 0.25) is 5.91 Å². The fraction of sp³-hybridized carbons (Fsp3) is 0.632. The van der Waals surface area contributed by atoms with E-state index in [0.717, 1.165) is 49.3 Å². The minimum atomic E-state index is -0.0656. The third kappa shape index (κ3) is 6.40. The zero-order valence-corrected chi connectivity index (χ0v) is 16.3. The summed E-state index contributed by atoms with van der Waals surface area (Å²) in [5.41, 5.74) is 1.02. The van der Waals surface area contributed by atoms with E-state index in [1.165, 1.54) is 0 Å². The van der Waals surface area contributed by atoms with Crippen molar-refractivity contribution in [3.63, 3.8) is 0 Å². The number of rotatable bonds is 9. The molecular formula is C19H31ClN2O3. The second-order valence-corrected chi connectivity index (χ2v) is 6.28. The van der Waals surface area contributed by atoms with Crippen LogP contribution in [0.5, 0.6) is 11.5 Å². The lowest BCUT2D eigenvalue weighted by Crippen LogP contribution is -2.41. The standard InChI is InChI=1S/C19H30N2O3.ClH/c1-4-11-23-17-9-8-15(13-18(17)24-12-5-2)14(3)21-19(22)16-7-6-10-20-16;/h8-9,13-14,16,20H,4-7,10-12H2,1-3H3,(H,21,22);1H. The Morgan fingerprint density at radius 1 is 1.24 bits per heavy atom. The molecule has 2 unspecified atom stereocenters. The molecule has 2 atom stereocenters. The molecule has 6 heteroatoms. The van der Waals surface area contributed by atoms with Gasteiger partial charge in [0.25, 0.3) is 0 Å². The summed E-state index contributed by atoms with van der Waals surface area (Å²) in [6.45, 7) is 8.40. The maximum absolute atomic E-state index is 12.3. The molecule has 0 aliphatic carbocycles. The first-order valence-electron chi connectivity index (χ1n) is 9.09. The van der Waals surface area contributed by atoms with Crippen molar-refractivity contribution in [2.75, 3.05) is 19.8 Å². The molecule has 5 nitrogen and oxygen atoms in total. The lowest BCUT2D eigenvalue weighted by molar-refractivity contribution is -0.123. The Balaban J connectivity index is 0.00000312. The molecule has 25 heavy (non-hydrogen) atoms. The van der Waals surface area contributed by atoms with Crippen LogP contribution >= 0.6 is 12.4 Å². The van der Waals surface area contributed by atoms with E-state index < -0.39 is 0 Å². The molecule has 1 aliphatic rings. The van der Waals surface area contributed by atoms with E-state index in [1.807, 2.05) is 25.1 Å². The number of amides is 1. The Morgan fingerprint density at radius 3 is 2.52 bits per heavy atom. The number of carbonyl (C=O) groups excluding carboxylic acids is 1. The van der Waals surface area contributed by atoms with Gasteiger partial charge in [0.1, 0.15) is 0 Å². The van der Waals surface area contributed by atoms with Crippen LogP contribution in [0.15, 0.2) is 18.2 Å². The van der Waals surface area contributed by atoms with Crippen LogP contribution in [-0.2, 0) is 4.79 Å². The first-order chi connectivity index (χ1) is 11.7. The Morgan fingerprint density at radius 2 is 1.92 bits per heavy atom. The molecule has 1 fully saturated rings. The summed E-state index contributed by atoms with van der Waals surface area (Å²) in [4.78, 5) is 12.3. The van der Waals surface area contributed by atoms with E-state index in [0.29, 0.717) is 13.2 Å². The number of halogens is 1. The number of hydrogen-bond donors (Lipinski definition) is 2. The maximum atomic E-state index is 12.3. The summed E-state index contributed by atoms with van der Waals surface area (Å²) in [6, 6.07) is 5.79. The van der Waals surface area contributed by atoms with E-state index in [9.17, 15) is 4.79 Å². The second-order valence-electron chi connectivity index (χ2n) is 6.28. The van der Waals surface area contributed by atoms with Crippen molar-refractivity contribution in [1.82, 2.24) is 10.6 Å². The van der Waals surface area contributed by atoms with Crippen molar-refractivity contribution in [3.8, 4) is 11.5 Å². The van der Waals surface area contributed by atoms with Crippen LogP contribution in [0, 0.1) is 0 Å². The van der Waals surface area contributed by atoms with Gasteiger partial charge >= 0.3 is 0 Å². The monoisotopic (exact) mass is 370 g/mol. The quantitative estimate of drug-likeness (QED) is 0.697. The van der Waals surface area contributed by atoms with Gasteiger partial charge in [-0.25, -0.2) is 0 Å². The van der Waals surface area contributed by atoms with E-state index in [1.54, 1.807) is 0 Å². The fourth-order valence-corrected chi connectivity index (χ4v) is 2.76. The Kier molecular flexibility index (Phi) is 9.68. The smallest absolute Gasteiger partial charge is 0.237 e. The minimum Gasteiger partial charge on any atom is -0.490 e. The zero-order chi connectivity index (χ0) is 17.4. The van der Waals surface area contributed by atoms with Gasteiger partial charge < -0.3 is 20.1 Å². The highest BCUT2D eigenvalue weighted by Crippen LogP contribution is 2.31. The molecule has 1 aromatic carbocycles. The van der Waals surface area contributed by atoms with Gasteiger partial charge in [0.15, 0.2) is 11.5 Å². The summed E-state index contributed by atoms with van der Waals surface area (Å²) in [5, 5.41) is 6.31. The van der Waals surface area contributed by atoms with Crippen molar-refractivity contribution in [2.45, 2.75) is 58.5 Å². The first-order valence-corrected chi connectivity index (χ1v) is 9.09. The minimum absolute atomic E-state index is 0. The molecule has 1 aromatic rings. The highest BCUT2D eigenvalue weighted by molar-refractivity contribution is 5.85. The molecule has 1 heterocycles. The van der Waals surface area contributed by atoms with E-state index in [-0.39, 0.29) is 30.4 Å². The Bertz CT molecular complexity index is 533. The van der Waals surface area contributed by atoms with Gasteiger partial charge in [-0.15, -0.1) is 12.4 Å². The predicted octanol–water partition coefficient (Wildman–Crippen LogP) is 3.62. The molecule has 0 aromatic heterocycles. The second kappa shape index (κ2) is 11.2. The predicted molar refractivity (Wildman–Crippen MR) is 103 cm³/mol. The Labute approximate surface area is 157 Å². The van der Waals surface area contributed by atoms with Crippen molar-refractivity contribution < 1.29 is 14.3 Å². The van der Waals surface area contributed by atoms with Crippen LogP contribution in [0.3, 0.4) is 0 Å². The highest BCUT2D eigenvalue weighted by atomic mass is 35.5. The van der Waals surface area contributed by atoms with Crippen LogP contribution in [0.1, 0.15) is 58.1 Å². The molecule has 0 bridgehead atoms. The lowest BCUT2D eigenvalue weighted by Gasteiger charge is -2.19. The van der Waals surface area contributed by atoms with Crippen LogP contribution in [0.4, 0.5) is 0 Å². The summed E-state index contributed by atoms with van der Waals surface area (Å²) < 4.78 is 11.6. The van der Waals surface area contributed by atoms with Gasteiger partial charge in [-0.05, 0) is 56.8 Å². The number of ether oxygens (including phenoxy) is 2. The molecule has 0 saturated carbocycles. The SMILES string of the molecule is CCCOc1ccc(C(C)NC(=O)C2CCCN2)cc1OCCC.Cl. The fourth-order valence-electron chi connectivity index (χ4n) is 2.76. The van der Waals surface area contributed by atoms with Crippen LogP contribution < -0.4 is 20.1 Å². The van der Waals surface area contributed by atoms with Crippen molar-refractivity contribution in [2.24, 2.45) is 0 Å². The van der Waals surface area contributed by atoms with Gasteiger partial charge in [0, 0.05) is 0 Å². The van der Waals surface area contributed by atoms with Gasteiger partial charge in [-0.1, -0.05) is 19.9 Å². The van der Waals surface area contributed by atoms with Gasteiger partial charge in [-0.3, -0.25) is 4.79 Å². The van der Waals surface area contributed by atoms with E-state index >= 15 is 0 Å². The Hall–Kier alpha value is -1.46. The summed E-state index contributed by atoms with van der Waals surface area (Å²) in [5.74, 6) is 1.59. The number of benzene rings is 1. The van der Waals surface area contributed by atoms with Crippen molar-refractivity contribution in [3.05, 3.63) is 23.8 Å². The largest absolute Gasteiger partial charge is 0.490 e. The number of carbonyl (C=O) groups is 1. The normalized spacial score (nSPS) is 17.5. The van der Waals surface area contributed by atoms with Crippen LogP contribution in [0.2, 0.25) is 0 Å². The highest BCUT2D eigenvalue weighted by Gasteiger charge is 2.23. The van der Waals surface area contributed by atoms with E-state index in [4.69, 9.17) is 9.47 Å². The molecule has 0 radical (unpaired) electrons. The lowest BCUT2D eigenvalue weighted by atomic mass is 10.1. The van der Waals surface area contributed by atoms with Crippen molar-refractivity contribution >= 4 is 18.3 Å². The molecule has 1 amide bonds. The van der Waals surface area contributed by atoms with Crippen molar-refractivity contribution in [1.29, 1.82) is 0 Å². The topological polar surface area (TPSA) is 59.6 Å². The average Bonchev–Trinajstić information content (AvgIpc) is 3.13. The molecule has 1 aliphatic heterocycles. The first kappa shape index (κ1) is 21.6. The third-order valence-corrected chi connectivity index (χ3v) is 4.13. The van der Waals surface area contributed by atoms with Gasteiger partial charge in [-0.2, -0.15) is 0 Å². The number of nitrogens with one attached hydrogen (secondary N) is 2. The molecule has 2 N–H and O–H groups in total. The van der Waals surface area contributed by atoms with Gasteiger partial charge in [0.05, 0.1) is 25.3 Å². The molecule has 2 rings (SSSR count). The molecule has 1 saturated heterocycles. The summed E-state index contributed by atoms with van der Waals surface area (Å²) in [6.07, 6.45) is 3.87. The summed E-state index contributed by atoms with van der Waals surface area (Å²) >= 11 is 0. The zero-order valence-electron chi connectivity index (χ0n) is 15.5. The molecular weight excluding hydrogens is 340 g/mol. The molecule has 142 valence electrons. The van der Waals surface area contributed by atoms with Crippen LogP contribution in [-0.4, -0.2) is 31.7 Å². The average molecular weight is 371 g/mol. The van der Waals surface area contributed by atoms with Crippen LogP contribution in [0.25, 0.3) is 0 Å². The summed E-state index contributed by atoms with van der Waals surface area (Å²) in [7, 11) is 0. The third-order valence-electron chi connectivity index (χ3n) is 4.13.